The smallest absolute Gasteiger partial charge is 0.0814 e. The van der Waals surface area contributed by atoms with E-state index in [0.29, 0.717) is 0 Å². The highest BCUT2D eigenvalue weighted by molar-refractivity contribution is 5.39. The van der Waals surface area contributed by atoms with Gasteiger partial charge in [-0.2, -0.15) is 0 Å². The third kappa shape index (κ3) is 2.45. The number of methoxy groups -OCH3 is 1. The predicted octanol–water partition coefficient (Wildman–Crippen LogP) is 3.04. The first-order valence-corrected chi connectivity index (χ1v) is 5.68. The lowest BCUT2D eigenvalue weighted by Crippen LogP contribution is -2.37. The summed E-state index contributed by atoms with van der Waals surface area (Å²) in [5.41, 5.74) is 10.9. The van der Waals surface area contributed by atoms with E-state index in [-0.39, 0.29) is 11.6 Å². The number of ether oxygens (including phenoxy) is 1. The molecular weight excluding hydrogens is 198 g/mol. The van der Waals surface area contributed by atoms with Crippen molar-refractivity contribution in [1.82, 2.24) is 0 Å². The van der Waals surface area contributed by atoms with Gasteiger partial charge in [0, 0.05) is 7.11 Å². The van der Waals surface area contributed by atoms with Crippen molar-refractivity contribution in [3.05, 3.63) is 34.4 Å². The molecule has 0 saturated heterocycles. The zero-order valence-electron chi connectivity index (χ0n) is 11.2. The van der Waals surface area contributed by atoms with Crippen LogP contribution < -0.4 is 5.73 Å². The van der Waals surface area contributed by atoms with Crippen LogP contribution in [0.15, 0.2) is 12.1 Å². The van der Waals surface area contributed by atoms with Gasteiger partial charge in [-0.25, -0.2) is 0 Å². The Hall–Kier alpha value is -0.860. The lowest BCUT2D eigenvalue weighted by molar-refractivity contribution is -0.000201. The van der Waals surface area contributed by atoms with Gasteiger partial charge in [-0.15, -0.1) is 0 Å². The van der Waals surface area contributed by atoms with Crippen LogP contribution in [0.1, 0.15) is 42.1 Å². The first-order chi connectivity index (χ1) is 7.29. The third-order valence-corrected chi connectivity index (χ3v) is 3.49. The third-order valence-electron chi connectivity index (χ3n) is 3.49. The number of benzene rings is 1. The van der Waals surface area contributed by atoms with Gasteiger partial charge in [-0.05, 0) is 56.9 Å². The minimum Gasteiger partial charge on any atom is -0.377 e. The average molecular weight is 221 g/mol. The van der Waals surface area contributed by atoms with E-state index in [1.807, 2.05) is 13.8 Å². The van der Waals surface area contributed by atoms with Crippen LogP contribution in [0.25, 0.3) is 0 Å². The summed E-state index contributed by atoms with van der Waals surface area (Å²) in [7, 11) is 1.70. The molecule has 0 fully saturated rings. The summed E-state index contributed by atoms with van der Waals surface area (Å²) in [5, 5.41) is 0. The van der Waals surface area contributed by atoms with Crippen LogP contribution in [-0.4, -0.2) is 12.7 Å². The Kier molecular flexibility index (Phi) is 3.76. The summed E-state index contributed by atoms with van der Waals surface area (Å²) in [4.78, 5) is 0. The van der Waals surface area contributed by atoms with Gasteiger partial charge in [0.15, 0.2) is 0 Å². The molecule has 1 rings (SSSR count). The molecular formula is C14H23NO. The Morgan fingerprint density at radius 3 is 2.06 bits per heavy atom. The number of aryl methyl sites for hydroxylation is 3. The molecule has 0 aliphatic heterocycles. The lowest BCUT2D eigenvalue weighted by Gasteiger charge is -2.31. The molecule has 0 radical (unpaired) electrons. The minimum atomic E-state index is -0.341. The molecule has 2 heteroatoms. The van der Waals surface area contributed by atoms with Gasteiger partial charge in [-0.3, -0.25) is 0 Å². The van der Waals surface area contributed by atoms with Crippen LogP contribution in [0.5, 0.6) is 0 Å². The summed E-state index contributed by atoms with van der Waals surface area (Å²) in [6.07, 6.45) is 0. The van der Waals surface area contributed by atoms with Crippen molar-refractivity contribution in [1.29, 1.82) is 0 Å². The summed E-state index contributed by atoms with van der Waals surface area (Å²) in [6.45, 7) is 10.4. The Balaban J connectivity index is 3.19. The minimum absolute atomic E-state index is 0.100. The molecule has 0 amide bonds. The molecule has 0 aliphatic rings. The number of hydrogen-bond donors (Lipinski definition) is 1. The van der Waals surface area contributed by atoms with Crippen molar-refractivity contribution in [2.45, 2.75) is 46.3 Å². The van der Waals surface area contributed by atoms with E-state index in [1.165, 1.54) is 22.3 Å². The summed E-state index contributed by atoms with van der Waals surface area (Å²) in [6, 6.07) is 4.27. The second-order valence-electron chi connectivity index (χ2n) is 5.08. The van der Waals surface area contributed by atoms with Gasteiger partial charge < -0.3 is 10.5 Å². The molecule has 0 spiro atoms. The quantitative estimate of drug-likeness (QED) is 0.851. The van der Waals surface area contributed by atoms with Crippen LogP contribution in [0.4, 0.5) is 0 Å². The van der Waals surface area contributed by atoms with Crippen molar-refractivity contribution in [2.75, 3.05) is 7.11 Å². The summed E-state index contributed by atoms with van der Waals surface area (Å²) < 4.78 is 5.45. The second kappa shape index (κ2) is 4.56. The van der Waals surface area contributed by atoms with Gasteiger partial charge in [0.05, 0.1) is 11.6 Å². The molecule has 0 bridgehead atoms. The largest absolute Gasteiger partial charge is 0.377 e. The Morgan fingerprint density at radius 2 is 1.56 bits per heavy atom. The van der Waals surface area contributed by atoms with Crippen LogP contribution in [-0.2, 0) is 4.74 Å². The number of nitrogens with two attached hydrogens (primary N) is 1. The van der Waals surface area contributed by atoms with Crippen molar-refractivity contribution in [3.8, 4) is 0 Å². The highest BCUT2D eigenvalue weighted by Crippen LogP contribution is 2.29. The van der Waals surface area contributed by atoms with Gasteiger partial charge >= 0.3 is 0 Å². The molecule has 2 N–H and O–H groups in total. The fraction of sp³-hybridized carbons (Fsp3) is 0.571. The zero-order valence-corrected chi connectivity index (χ0v) is 11.2. The van der Waals surface area contributed by atoms with E-state index in [4.69, 9.17) is 10.5 Å². The number of hydrogen-bond acceptors (Lipinski definition) is 2. The van der Waals surface area contributed by atoms with Crippen LogP contribution in [0.2, 0.25) is 0 Å². The first-order valence-electron chi connectivity index (χ1n) is 5.68. The number of rotatable bonds is 3. The van der Waals surface area contributed by atoms with Gasteiger partial charge in [0.1, 0.15) is 0 Å². The van der Waals surface area contributed by atoms with Gasteiger partial charge in [-0.1, -0.05) is 12.1 Å². The molecule has 16 heavy (non-hydrogen) atoms. The molecule has 0 aromatic heterocycles. The van der Waals surface area contributed by atoms with E-state index < -0.39 is 0 Å². The molecule has 90 valence electrons. The SMILES string of the molecule is COC(C)(C)C(N)c1cc(C)c(C)cc1C. The summed E-state index contributed by atoms with van der Waals surface area (Å²) >= 11 is 0. The molecule has 2 nitrogen and oxygen atoms in total. The Morgan fingerprint density at radius 1 is 1.06 bits per heavy atom. The van der Waals surface area contributed by atoms with Gasteiger partial charge in [0.25, 0.3) is 0 Å². The standard InChI is InChI=1S/C14H23NO/c1-9-7-11(3)12(8-10(9)2)13(15)14(4,5)16-6/h7-8,13H,15H2,1-6H3. The zero-order chi connectivity index (χ0) is 12.5. The second-order valence-corrected chi connectivity index (χ2v) is 5.08. The maximum atomic E-state index is 6.28. The van der Waals surface area contributed by atoms with Crippen LogP contribution in [0, 0.1) is 20.8 Å². The molecule has 0 heterocycles. The molecule has 1 atom stereocenters. The molecule has 1 unspecified atom stereocenters. The maximum absolute atomic E-state index is 6.28. The van der Waals surface area contributed by atoms with Crippen LogP contribution >= 0.6 is 0 Å². The average Bonchev–Trinajstić information content (AvgIpc) is 2.22. The predicted molar refractivity (Wildman–Crippen MR) is 68.7 cm³/mol. The van der Waals surface area contributed by atoms with Crippen molar-refractivity contribution >= 4 is 0 Å². The van der Waals surface area contributed by atoms with Crippen molar-refractivity contribution < 1.29 is 4.74 Å². The van der Waals surface area contributed by atoms with Gasteiger partial charge in [0.2, 0.25) is 0 Å². The van der Waals surface area contributed by atoms with E-state index in [1.54, 1.807) is 7.11 Å². The molecule has 1 aromatic rings. The normalized spacial score (nSPS) is 13.9. The molecule has 1 aromatic carbocycles. The Labute approximate surface area is 98.8 Å². The highest BCUT2D eigenvalue weighted by atomic mass is 16.5. The topological polar surface area (TPSA) is 35.2 Å². The fourth-order valence-corrected chi connectivity index (χ4v) is 1.82. The molecule has 0 saturated carbocycles. The van der Waals surface area contributed by atoms with Crippen LogP contribution in [0.3, 0.4) is 0 Å². The lowest BCUT2D eigenvalue weighted by atomic mass is 9.87. The van der Waals surface area contributed by atoms with E-state index in [0.717, 1.165) is 0 Å². The van der Waals surface area contributed by atoms with Crippen molar-refractivity contribution in [2.24, 2.45) is 5.73 Å². The fourth-order valence-electron chi connectivity index (χ4n) is 1.82. The molecule has 0 aliphatic carbocycles. The maximum Gasteiger partial charge on any atom is 0.0814 e. The monoisotopic (exact) mass is 221 g/mol. The van der Waals surface area contributed by atoms with E-state index in [2.05, 4.69) is 32.9 Å². The summed E-state index contributed by atoms with van der Waals surface area (Å²) in [5.74, 6) is 0. The van der Waals surface area contributed by atoms with E-state index in [9.17, 15) is 0 Å². The Bertz CT molecular complexity index is 383. The highest BCUT2D eigenvalue weighted by Gasteiger charge is 2.28. The first kappa shape index (κ1) is 13.2. The van der Waals surface area contributed by atoms with Crippen molar-refractivity contribution in [3.63, 3.8) is 0 Å². The van der Waals surface area contributed by atoms with E-state index >= 15 is 0 Å².